The number of hydrogen-bond acceptors (Lipinski definition) is 3. The van der Waals surface area contributed by atoms with Crippen LogP contribution in [0.4, 0.5) is 0 Å². The minimum absolute atomic E-state index is 0.107. The third-order valence-electron chi connectivity index (χ3n) is 3.81. The van der Waals surface area contributed by atoms with Gasteiger partial charge in [0.2, 0.25) is 0 Å². The fraction of sp³-hybridized carbons (Fsp3) is 0.118. The van der Waals surface area contributed by atoms with Gasteiger partial charge in [-0.1, -0.05) is 25.1 Å². The molecule has 3 aromatic heterocycles. The maximum Gasteiger partial charge on any atom is 0.282 e. The highest BCUT2D eigenvalue weighted by Gasteiger charge is 2.20. The predicted octanol–water partition coefficient (Wildman–Crippen LogP) is 2.93. The van der Waals surface area contributed by atoms with Crippen LogP contribution in [0.25, 0.3) is 16.7 Å². The molecule has 0 unspecified atom stereocenters. The molecule has 0 N–H and O–H groups in total. The number of hydrogen-bond donors (Lipinski definition) is 0. The van der Waals surface area contributed by atoms with Crippen molar-refractivity contribution in [2.45, 2.75) is 13.3 Å². The van der Waals surface area contributed by atoms with Gasteiger partial charge in [-0.3, -0.25) is 13.8 Å². The molecule has 3 heterocycles. The molecule has 5 heteroatoms. The van der Waals surface area contributed by atoms with Gasteiger partial charge in [-0.05, 0) is 30.7 Å². The lowest BCUT2D eigenvalue weighted by molar-refractivity contribution is 0.0957. The van der Waals surface area contributed by atoms with Crippen molar-refractivity contribution >= 4 is 22.6 Å². The molecule has 0 bridgehead atoms. The molecule has 0 aliphatic rings. The quantitative estimate of drug-likeness (QED) is 0.570. The van der Waals surface area contributed by atoms with Gasteiger partial charge in [-0.2, -0.15) is 0 Å². The number of rotatable bonds is 2. The highest BCUT2D eigenvalue weighted by Crippen LogP contribution is 2.18. The number of nitrogens with zero attached hydrogens (tertiary/aromatic N) is 4. The lowest BCUT2D eigenvalue weighted by Gasteiger charge is -2.05. The van der Waals surface area contributed by atoms with E-state index in [1.165, 1.54) is 0 Å². The summed E-state index contributed by atoms with van der Waals surface area (Å²) < 4.78 is 3.43. The Balaban J connectivity index is 1.96. The number of pyridine rings is 1. The van der Waals surface area contributed by atoms with E-state index in [-0.39, 0.29) is 5.91 Å². The number of benzene rings is 1. The maximum absolute atomic E-state index is 13.0. The average Bonchev–Trinajstić information content (AvgIpc) is 3.15. The molecule has 1 aromatic carbocycles. The molecule has 0 fully saturated rings. The summed E-state index contributed by atoms with van der Waals surface area (Å²) in [6, 6.07) is 13.3. The highest BCUT2D eigenvalue weighted by molar-refractivity contribution is 6.01. The van der Waals surface area contributed by atoms with Gasteiger partial charge in [0.25, 0.3) is 5.91 Å². The van der Waals surface area contributed by atoms with Crippen molar-refractivity contribution in [1.82, 2.24) is 18.9 Å². The van der Waals surface area contributed by atoms with E-state index in [1.807, 2.05) is 60.0 Å². The summed E-state index contributed by atoms with van der Waals surface area (Å²) in [5.74, 6) is -0.107. The third-order valence-corrected chi connectivity index (χ3v) is 3.81. The first-order valence-electron chi connectivity index (χ1n) is 7.22. The predicted molar refractivity (Wildman–Crippen MR) is 84.0 cm³/mol. The number of aromatic nitrogens is 4. The standard InChI is InChI=1S/C17H14N4O/c1-2-12-16(20-10-6-5-9-15(20)19-12)17(22)21-11-18-13-7-3-4-8-14(13)21/h3-11H,2H2,1H3. The van der Waals surface area contributed by atoms with Crippen molar-refractivity contribution in [2.24, 2.45) is 0 Å². The van der Waals surface area contributed by atoms with E-state index < -0.39 is 0 Å². The van der Waals surface area contributed by atoms with Crippen LogP contribution < -0.4 is 0 Å². The number of fused-ring (bicyclic) bond motifs is 2. The first-order valence-corrected chi connectivity index (χ1v) is 7.22. The Morgan fingerprint density at radius 3 is 2.82 bits per heavy atom. The van der Waals surface area contributed by atoms with Crippen LogP contribution in [0.3, 0.4) is 0 Å². The molecule has 0 aliphatic heterocycles. The number of aryl methyl sites for hydroxylation is 1. The van der Waals surface area contributed by atoms with Crippen LogP contribution in [0.1, 0.15) is 23.1 Å². The number of carbonyl (C=O) groups excluding carboxylic acids is 1. The fourth-order valence-corrected chi connectivity index (χ4v) is 2.75. The molecule has 0 radical (unpaired) electrons. The molecule has 4 rings (SSSR count). The maximum atomic E-state index is 13.0. The van der Waals surface area contributed by atoms with Crippen LogP contribution in [0.15, 0.2) is 55.0 Å². The monoisotopic (exact) mass is 290 g/mol. The van der Waals surface area contributed by atoms with Crippen molar-refractivity contribution in [3.8, 4) is 0 Å². The van der Waals surface area contributed by atoms with Crippen LogP contribution in [-0.2, 0) is 6.42 Å². The van der Waals surface area contributed by atoms with Gasteiger partial charge in [0.1, 0.15) is 17.7 Å². The molecule has 4 aromatic rings. The zero-order valence-electron chi connectivity index (χ0n) is 12.1. The van der Waals surface area contributed by atoms with Crippen molar-refractivity contribution < 1.29 is 4.79 Å². The summed E-state index contributed by atoms with van der Waals surface area (Å²) in [6.45, 7) is 2.00. The molecule has 0 saturated heterocycles. The topological polar surface area (TPSA) is 52.2 Å². The van der Waals surface area contributed by atoms with E-state index in [4.69, 9.17) is 0 Å². The minimum atomic E-state index is -0.107. The molecule has 108 valence electrons. The van der Waals surface area contributed by atoms with Crippen LogP contribution in [-0.4, -0.2) is 24.8 Å². The van der Waals surface area contributed by atoms with Crippen molar-refractivity contribution in [3.05, 3.63) is 66.4 Å². The summed E-state index contributed by atoms with van der Waals surface area (Å²) in [7, 11) is 0. The number of para-hydroxylation sites is 2. The van der Waals surface area contributed by atoms with Gasteiger partial charge in [0.15, 0.2) is 0 Å². The van der Waals surface area contributed by atoms with Crippen LogP contribution in [0.2, 0.25) is 0 Å². The molecule has 0 aliphatic carbocycles. The normalized spacial score (nSPS) is 11.3. The lowest BCUT2D eigenvalue weighted by atomic mass is 10.2. The zero-order chi connectivity index (χ0) is 15.1. The Kier molecular flexibility index (Phi) is 2.79. The first kappa shape index (κ1) is 12.8. The number of carbonyl (C=O) groups is 1. The summed E-state index contributed by atoms with van der Waals surface area (Å²) in [5, 5.41) is 0. The van der Waals surface area contributed by atoms with Gasteiger partial charge >= 0.3 is 0 Å². The zero-order valence-corrected chi connectivity index (χ0v) is 12.1. The molecule has 0 spiro atoms. The number of imidazole rings is 2. The van der Waals surface area contributed by atoms with Crippen molar-refractivity contribution in [3.63, 3.8) is 0 Å². The Hall–Kier alpha value is -2.95. The van der Waals surface area contributed by atoms with Gasteiger partial charge in [0.05, 0.1) is 16.7 Å². The van der Waals surface area contributed by atoms with E-state index >= 15 is 0 Å². The van der Waals surface area contributed by atoms with Crippen LogP contribution >= 0.6 is 0 Å². The molecule has 0 amide bonds. The fourth-order valence-electron chi connectivity index (χ4n) is 2.75. The Morgan fingerprint density at radius 2 is 1.95 bits per heavy atom. The second-order valence-corrected chi connectivity index (χ2v) is 5.10. The Morgan fingerprint density at radius 1 is 1.14 bits per heavy atom. The van der Waals surface area contributed by atoms with E-state index in [1.54, 1.807) is 10.9 Å². The highest BCUT2D eigenvalue weighted by atomic mass is 16.2. The van der Waals surface area contributed by atoms with Crippen molar-refractivity contribution in [2.75, 3.05) is 0 Å². The van der Waals surface area contributed by atoms with E-state index in [0.717, 1.165) is 22.4 Å². The third kappa shape index (κ3) is 1.75. The smallest absolute Gasteiger partial charge is 0.282 e. The minimum Gasteiger partial charge on any atom is -0.295 e. The Bertz CT molecular complexity index is 996. The molecular formula is C17H14N4O. The van der Waals surface area contributed by atoms with Crippen LogP contribution in [0.5, 0.6) is 0 Å². The molecule has 5 nitrogen and oxygen atoms in total. The second kappa shape index (κ2) is 4.80. The van der Waals surface area contributed by atoms with E-state index in [0.29, 0.717) is 12.1 Å². The van der Waals surface area contributed by atoms with Gasteiger partial charge in [0, 0.05) is 6.20 Å². The molecule has 0 atom stereocenters. The average molecular weight is 290 g/mol. The SMILES string of the molecule is CCc1nc2ccccn2c1C(=O)n1cnc2ccccc21. The van der Waals surface area contributed by atoms with E-state index in [2.05, 4.69) is 9.97 Å². The van der Waals surface area contributed by atoms with Crippen LogP contribution in [0, 0.1) is 0 Å². The molecule has 22 heavy (non-hydrogen) atoms. The van der Waals surface area contributed by atoms with Gasteiger partial charge in [-0.25, -0.2) is 9.97 Å². The Labute approximate surface area is 126 Å². The molecule has 0 saturated carbocycles. The molecular weight excluding hydrogens is 276 g/mol. The lowest BCUT2D eigenvalue weighted by Crippen LogP contribution is -2.15. The van der Waals surface area contributed by atoms with Gasteiger partial charge in [-0.15, -0.1) is 0 Å². The second-order valence-electron chi connectivity index (χ2n) is 5.10. The largest absolute Gasteiger partial charge is 0.295 e. The van der Waals surface area contributed by atoms with E-state index in [9.17, 15) is 4.79 Å². The summed E-state index contributed by atoms with van der Waals surface area (Å²) >= 11 is 0. The summed E-state index contributed by atoms with van der Waals surface area (Å²) in [4.78, 5) is 21.9. The van der Waals surface area contributed by atoms with Crippen molar-refractivity contribution in [1.29, 1.82) is 0 Å². The van der Waals surface area contributed by atoms with Gasteiger partial charge < -0.3 is 0 Å². The first-order chi connectivity index (χ1) is 10.8. The summed E-state index contributed by atoms with van der Waals surface area (Å²) in [6.07, 6.45) is 4.15. The summed E-state index contributed by atoms with van der Waals surface area (Å²) in [5.41, 5.74) is 3.80.